The third kappa shape index (κ3) is 3.84. The number of para-hydroxylation sites is 1. The monoisotopic (exact) mass is 288 g/mol. The standard InChI is InChI=1S/C16H20N2OS/c1-3-13-7-4-6-12(2)15(13)18-16(19)17-10-9-14-8-5-11-20-14/h4-8,11H,3,9-10H2,1-2H3,(H2,17,18,19). The zero-order valence-corrected chi connectivity index (χ0v) is 12.7. The van der Waals surface area contributed by atoms with Crippen molar-refractivity contribution in [1.29, 1.82) is 0 Å². The second-order valence-electron chi connectivity index (χ2n) is 4.67. The van der Waals surface area contributed by atoms with E-state index in [0.29, 0.717) is 6.54 Å². The number of rotatable bonds is 5. The van der Waals surface area contributed by atoms with Crippen molar-refractivity contribution in [3.63, 3.8) is 0 Å². The smallest absolute Gasteiger partial charge is 0.319 e. The van der Waals surface area contributed by atoms with E-state index in [4.69, 9.17) is 0 Å². The van der Waals surface area contributed by atoms with Crippen molar-refractivity contribution in [1.82, 2.24) is 5.32 Å². The van der Waals surface area contributed by atoms with E-state index in [1.165, 1.54) is 10.4 Å². The number of amides is 2. The molecule has 0 saturated carbocycles. The van der Waals surface area contributed by atoms with Crippen LogP contribution in [0, 0.1) is 6.92 Å². The van der Waals surface area contributed by atoms with Crippen LogP contribution < -0.4 is 10.6 Å². The minimum Gasteiger partial charge on any atom is -0.338 e. The molecule has 2 N–H and O–H groups in total. The fourth-order valence-corrected chi connectivity index (χ4v) is 2.82. The third-order valence-electron chi connectivity index (χ3n) is 3.22. The predicted molar refractivity (Wildman–Crippen MR) is 85.6 cm³/mol. The van der Waals surface area contributed by atoms with Gasteiger partial charge >= 0.3 is 6.03 Å². The van der Waals surface area contributed by atoms with Crippen LogP contribution in [-0.2, 0) is 12.8 Å². The Bertz CT molecular complexity index is 564. The first-order valence-corrected chi connectivity index (χ1v) is 7.74. The van der Waals surface area contributed by atoms with Crippen LogP contribution in [0.3, 0.4) is 0 Å². The topological polar surface area (TPSA) is 41.1 Å². The SMILES string of the molecule is CCc1cccc(C)c1NC(=O)NCCc1cccs1. The lowest BCUT2D eigenvalue weighted by Gasteiger charge is -2.13. The third-order valence-corrected chi connectivity index (χ3v) is 4.15. The lowest BCUT2D eigenvalue weighted by atomic mass is 10.1. The van der Waals surface area contributed by atoms with Crippen LogP contribution in [0.15, 0.2) is 35.7 Å². The van der Waals surface area contributed by atoms with E-state index in [-0.39, 0.29) is 6.03 Å². The van der Waals surface area contributed by atoms with Crippen molar-refractivity contribution in [2.24, 2.45) is 0 Å². The van der Waals surface area contributed by atoms with Gasteiger partial charge in [0.15, 0.2) is 0 Å². The number of carbonyl (C=O) groups is 1. The van der Waals surface area contributed by atoms with Gasteiger partial charge in [-0.2, -0.15) is 0 Å². The maximum atomic E-state index is 11.9. The van der Waals surface area contributed by atoms with Gasteiger partial charge in [0.2, 0.25) is 0 Å². The van der Waals surface area contributed by atoms with E-state index < -0.39 is 0 Å². The van der Waals surface area contributed by atoms with E-state index in [2.05, 4.69) is 29.0 Å². The van der Waals surface area contributed by atoms with E-state index in [1.807, 2.05) is 31.2 Å². The van der Waals surface area contributed by atoms with Crippen LogP contribution in [0.25, 0.3) is 0 Å². The van der Waals surface area contributed by atoms with Crippen LogP contribution in [0.2, 0.25) is 0 Å². The number of anilines is 1. The van der Waals surface area contributed by atoms with Crippen molar-refractivity contribution in [2.45, 2.75) is 26.7 Å². The number of hydrogen-bond acceptors (Lipinski definition) is 2. The van der Waals surface area contributed by atoms with E-state index in [9.17, 15) is 4.79 Å². The summed E-state index contributed by atoms with van der Waals surface area (Å²) in [5.41, 5.74) is 3.19. The van der Waals surface area contributed by atoms with Gasteiger partial charge in [0, 0.05) is 17.1 Å². The summed E-state index contributed by atoms with van der Waals surface area (Å²) in [5.74, 6) is 0. The second kappa shape index (κ2) is 7.10. The molecule has 2 amide bonds. The van der Waals surface area contributed by atoms with Crippen molar-refractivity contribution in [3.8, 4) is 0 Å². The molecule has 2 rings (SSSR count). The highest BCUT2D eigenvalue weighted by atomic mass is 32.1. The molecular weight excluding hydrogens is 268 g/mol. The van der Waals surface area contributed by atoms with Crippen LogP contribution >= 0.6 is 11.3 Å². The van der Waals surface area contributed by atoms with E-state index >= 15 is 0 Å². The highest BCUT2D eigenvalue weighted by Gasteiger charge is 2.07. The zero-order valence-electron chi connectivity index (χ0n) is 11.9. The Hall–Kier alpha value is -1.81. The summed E-state index contributed by atoms with van der Waals surface area (Å²) < 4.78 is 0. The summed E-state index contributed by atoms with van der Waals surface area (Å²) in [6.07, 6.45) is 1.78. The lowest BCUT2D eigenvalue weighted by molar-refractivity contribution is 0.252. The number of nitrogens with one attached hydrogen (secondary N) is 2. The highest BCUT2D eigenvalue weighted by molar-refractivity contribution is 7.09. The molecule has 1 aromatic heterocycles. The molecule has 0 spiro atoms. The van der Waals surface area contributed by atoms with Gasteiger partial charge in [-0.15, -0.1) is 11.3 Å². The number of carbonyl (C=O) groups excluding carboxylic acids is 1. The summed E-state index contributed by atoms with van der Waals surface area (Å²) in [6.45, 7) is 4.76. The Morgan fingerprint density at radius 1 is 1.25 bits per heavy atom. The number of aryl methyl sites for hydroxylation is 2. The summed E-state index contributed by atoms with van der Waals surface area (Å²) in [4.78, 5) is 13.2. The van der Waals surface area contributed by atoms with Crippen LogP contribution in [0.5, 0.6) is 0 Å². The Kier molecular flexibility index (Phi) is 5.18. The number of hydrogen-bond donors (Lipinski definition) is 2. The summed E-state index contributed by atoms with van der Waals surface area (Å²) in [6, 6.07) is 10.1. The number of urea groups is 1. The van der Waals surface area contributed by atoms with Gasteiger partial charge in [-0.1, -0.05) is 31.2 Å². The molecule has 3 nitrogen and oxygen atoms in total. The molecule has 4 heteroatoms. The van der Waals surface area contributed by atoms with Gasteiger partial charge in [0.05, 0.1) is 0 Å². The second-order valence-corrected chi connectivity index (χ2v) is 5.71. The first-order chi connectivity index (χ1) is 9.70. The van der Waals surface area contributed by atoms with Crippen molar-refractivity contribution >= 4 is 23.1 Å². The molecule has 0 radical (unpaired) electrons. The molecule has 0 bridgehead atoms. The van der Waals surface area contributed by atoms with Crippen molar-refractivity contribution in [2.75, 3.05) is 11.9 Å². The largest absolute Gasteiger partial charge is 0.338 e. The molecule has 0 aliphatic rings. The zero-order chi connectivity index (χ0) is 14.4. The Labute approximate surface area is 124 Å². The molecule has 0 unspecified atom stereocenters. The number of benzene rings is 1. The maximum absolute atomic E-state index is 11.9. The molecule has 106 valence electrons. The fourth-order valence-electron chi connectivity index (χ4n) is 2.11. The normalized spacial score (nSPS) is 10.3. The van der Waals surface area contributed by atoms with Crippen LogP contribution in [0.4, 0.5) is 10.5 Å². The van der Waals surface area contributed by atoms with E-state index in [0.717, 1.165) is 24.1 Å². The van der Waals surface area contributed by atoms with Crippen LogP contribution in [-0.4, -0.2) is 12.6 Å². The van der Waals surface area contributed by atoms with Gasteiger partial charge in [-0.3, -0.25) is 0 Å². The molecule has 20 heavy (non-hydrogen) atoms. The van der Waals surface area contributed by atoms with Gasteiger partial charge < -0.3 is 10.6 Å². The molecular formula is C16H20N2OS. The molecule has 2 aromatic rings. The molecule has 0 fully saturated rings. The lowest BCUT2D eigenvalue weighted by Crippen LogP contribution is -2.31. The molecule has 1 heterocycles. The van der Waals surface area contributed by atoms with Gasteiger partial charge in [-0.25, -0.2) is 4.79 Å². The van der Waals surface area contributed by atoms with Crippen molar-refractivity contribution in [3.05, 3.63) is 51.7 Å². The highest BCUT2D eigenvalue weighted by Crippen LogP contribution is 2.20. The van der Waals surface area contributed by atoms with Crippen molar-refractivity contribution < 1.29 is 4.79 Å². The first-order valence-electron chi connectivity index (χ1n) is 6.86. The Morgan fingerprint density at radius 2 is 2.10 bits per heavy atom. The van der Waals surface area contributed by atoms with Gasteiger partial charge in [0.1, 0.15) is 0 Å². The Morgan fingerprint density at radius 3 is 2.80 bits per heavy atom. The summed E-state index contributed by atoms with van der Waals surface area (Å²) in [7, 11) is 0. The molecule has 0 aliphatic heterocycles. The number of thiophene rings is 1. The molecule has 0 aliphatic carbocycles. The minimum absolute atomic E-state index is 0.134. The van der Waals surface area contributed by atoms with Crippen LogP contribution in [0.1, 0.15) is 22.9 Å². The first kappa shape index (κ1) is 14.6. The predicted octanol–water partition coefficient (Wildman–Crippen LogP) is 3.98. The summed E-state index contributed by atoms with van der Waals surface area (Å²) in [5, 5.41) is 7.92. The summed E-state index contributed by atoms with van der Waals surface area (Å²) >= 11 is 1.72. The fraction of sp³-hybridized carbons (Fsp3) is 0.312. The average Bonchev–Trinajstić information content (AvgIpc) is 2.94. The quantitative estimate of drug-likeness (QED) is 0.858. The van der Waals surface area contributed by atoms with Gasteiger partial charge in [0.25, 0.3) is 0 Å². The Balaban J connectivity index is 1.88. The average molecular weight is 288 g/mol. The minimum atomic E-state index is -0.134. The maximum Gasteiger partial charge on any atom is 0.319 e. The van der Waals surface area contributed by atoms with Gasteiger partial charge in [-0.05, 0) is 42.3 Å². The molecule has 1 aromatic carbocycles. The van der Waals surface area contributed by atoms with E-state index in [1.54, 1.807) is 11.3 Å². The molecule has 0 atom stereocenters. The molecule has 0 saturated heterocycles.